The van der Waals surface area contributed by atoms with E-state index in [-0.39, 0.29) is 0 Å². The maximum atomic E-state index is 5.98. The summed E-state index contributed by atoms with van der Waals surface area (Å²) in [5, 5.41) is 5.30. The average molecular weight is 250 g/mol. The van der Waals surface area contributed by atoms with Crippen LogP contribution in [-0.2, 0) is 7.05 Å². The van der Waals surface area contributed by atoms with E-state index in [4.69, 9.17) is 11.6 Å². The Hall–Kier alpha value is -1.06. The minimum atomic E-state index is 0.599. The summed E-state index contributed by atoms with van der Waals surface area (Å²) in [7, 11) is 2.09. The molecule has 0 aromatic carbocycles. The summed E-state index contributed by atoms with van der Waals surface area (Å²) in [6.07, 6.45) is 4.22. The molecule has 17 heavy (non-hydrogen) atoms. The van der Waals surface area contributed by atoms with Crippen LogP contribution in [0.5, 0.6) is 0 Å². The van der Waals surface area contributed by atoms with Gasteiger partial charge in [0.25, 0.3) is 0 Å². The lowest BCUT2D eigenvalue weighted by atomic mass is 9.96. The number of aromatic nitrogens is 2. The third-order valence-corrected chi connectivity index (χ3v) is 3.79. The van der Waals surface area contributed by atoms with Gasteiger partial charge in [-0.1, -0.05) is 11.6 Å². The first-order valence-corrected chi connectivity index (χ1v) is 6.45. The van der Waals surface area contributed by atoms with Gasteiger partial charge in [-0.25, -0.2) is 4.98 Å². The molecule has 90 valence electrons. The van der Waals surface area contributed by atoms with Crippen LogP contribution in [0.15, 0.2) is 18.3 Å². The molecule has 0 saturated carbocycles. The average Bonchev–Trinajstić information content (AvgIpc) is 2.67. The van der Waals surface area contributed by atoms with Crippen molar-refractivity contribution in [2.45, 2.75) is 18.8 Å². The Kier molecular flexibility index (Phi) is 2.81. The maximum Gasteiger partial charge on any atom is 0.139 e. The molecular weight excluding hydrogens is 234 g/mol. The lowest BCUT2D eigenvalue weighted by Gasteiger charge is -2.23. The van der Waals surface area contributed by atoms with Crippen LogP contribution >= 0.6 is 11.6 Å². The number of hydrogen-bond donors (Lipinski definition) is 1. The molecule has 2 aromatic rings. The van der Waals surface area contributed by atoms with E-state index in [1.54, 1.807) is 6.20 Å². The summed E-state index contributed by atoms with van der Waals surface area (Å²) >= 11 is 5.98. The van der Waals surface area contributed by atoms with Crippen LogP contribution in [0.25, 0.3) is 11.0 Å². The van der Waals surface area contributed by atoms with Gasteiger partial charge in [0.05, 0.1) is 5.02 Å². The SMILES string of the molecule is Cn1c(C2CCCNC2)cc2cc(Cl)cnc21. The van der Waals surface area contributed by atoms with Gasteiger partial charge < -0.3 is 9.88 Å². The van der Waals surface area contributed by atoms with Crippen LogP contribution < -0.4 is 5.32 Å². The molecule has 3 nitrogen and oxygen atoms in total. The lowest BCUT2D eigenvalue weighted by molar-refractivity contribution is 0.448. The Bertz CT molecular complexity index is 541. The summed E-state index contributed by atoms with van der Waals surface area (Å²) in [6.45, 7) is 2.21. The van der Waals surface area contributed by atoms with Crippen molar-refractivity contribution in [3.05, 3.63) is 29.0 Å². The minimum Gasteiger partial charge on any atom is -0.332 e. The molecule has 3 heterocycles. The van der Waals surface area contributed by atoms with Crippen LogP contribution in [0.2, 0.25) is 5.02 Å². The van der Waals surface area contributed by atoms with Crippen LogP contribution in [0.4, 0.5) is 0 Å². The highest BCUT2D eigenvalue weighted by atomic mass is 35.5. The predicted octanol–water partition coefficient (Wildman–Crippen LogP) is 2.69. The first-order valence-electron chi connectivity index (χ1n) is 6.07. The number of hydrogen-bond acceptors (Lipinski definition) is 2. The zero-order valence-electron chi connectivity index (χ0n) is 9.91. The number of aryl methyl sites for hydroxylation is 1. The topological polar surface area (TPSA) is 29.9 Å². The third-order valence-electron chi connectivity index (χ3n) is 3.59. The van der Waals surface area contributed by atoms with Gasteiger partial charge in [-0.3, -0.25) is 0 Å². The molecule has 1 fully saturated rings. The van der Waals surface area contributed by atoms with E-state index >= 15 is 0 Å². The van der Waals surface area contributed by atoms with Crippen LogP contribution in [0.3, 0.4) is 0 Å². The molecule has 0 aliphatic carbocycles. The van der Waals surface area contributed by atoms with E-state index in [2.05, 4.69) is 28.0 Å². The molecule has 1 unspecified atom stereocenters. The standard InChI is InChI=1S/C13H16ClN3/c1-17-12(9-3-2-4-15-7-9)6-10-5-11(14)8-16-13(10)17/h5-6,8-9,15H,2-4,7H2,1H3. The van der Waals surface area contributed by atoms with E-state index in [0.717, 1.165) is 24.1 Å². The van der Waals surface area contributed by atoms with E-state index in [9.17, 15) is 0 Å². The molecule has 1 atom stereocenters. The van der Waals surface area contributed by atoms with Crippen molar-refractivity contribution in [3.63, 3.8) is 0 Å². The molecular formula is C13H16ClN3. The second kappa shape index (κ2) is 4.31. The van der Waals surface area contributed by atoms with Crippen molar-refractivity contribution in [2.24, 2.45) is 7.05 Å². The lowest BCUT2D eigenvalue weighted by Crippen LogP contribution is -2.29. The third kappa shape index (κ3) is 1.94. The summed E-state index contributed by atoms with van der Waals surface area (Å²) in [6, 6.07) is 4.22. The molecule has 2 aromatic heterocycles. The fourth-order valence-corrected chi connectivity index (χ4v) is 2.87. The second-order valence-corrected chi connectivity index (χ2v) is 5.17. The van der Waals surface area contributed by atoms with Crippen molar-refractivity contribution in [3.8, 4) is 0 Å². The number of piperidine rings is 1. The van der Waals surface area contributed by atoms with Gasteiger partial charge >= 0.3 is 0 Å². The van der Waals surface area contributed by atoms with Crippen molar-refractivity contribution in [1.82, 2.24) is 14.9 Å². The number of pyridine rings is 1. The number of halogens is 1. The fourth-order valence-electron chi connectivity index (χ4n) is 2.71. The van der Waals surface area contributed by atoms with Gasteiger partial charge in [0, 0.05) is 36.8 Å². The molecule has 1 N–H and O–H groups in total. The number of nitrogens with one attached hydrogen (secondary N) is 1. The predicted molar refractivity (Wildman–Crippen MR) is 70.6 cm³/mol. The van der Waals surface area contributed by atoms with E-state index < -0.39 is 0 Å². The highest BCUT2D eigenvalue weighted by Gasteiger charge is 2.19. The highest BCUT2D eigenvalue weighted by Crippen LogP contribution is 2.28. The Morgan fingerprint density at radius 3 is 3.12 bits per heavy atom. The fraction of sp³-hybridized carbons (Fsp3) is 0.462. The molecule has 3 rings (SSSR count). The summed E-state index contributed by atoms with van der Waals surface area (Å²) in [4.78, 5) is 4.41. The number of fused-ring (bicyclic) bond motifs is 1. The molecule has 1 saturated heterocycles. The zero-order chi connectivity index (χ0) is 11.8. The zero-order valence-corrected chi connectivity index (χ0v) is 10.7. The van der Waals surface area contributed by atoms with Gasteiger partial charge in [0.1, 0.15) is 5.65 Å². The van der Waals surface area contributed by atoms with Crippen molar-refractivity contribution in [1.29, 1.82) is 0 Å². The Labute approximate surface area is 106 Å². The first kappa shape index (κ1) is 11.1. The van der Waals surface area contributed by atoms with Crippen LogP contribution in [-0.4, -0.2) is 22.6 Å². The molecule has 1 aliphatic heterocycles. The van der Waals surface area contributed by atoms with Gasteiger partial charge in [-0.15, -0.1) is 0 Å². The van der Waals surface area contributed by atoms with Crippen LogP contribution in [0.1, 0.15) is 24.5 Å². The maximum absolute atomic E-state index is 5.98. The Morgan fingerprint density at radius 1 is 1.47 bits per heavy atom. The molecule has 0 amide bonds. The van der Waals surface area contributed by atoms with E-state index in [0.29, 0.717) is 10.9 Å². The molecule has 0 spiro atoms. The summed E-state index contributed by atoms with van der Waals surface area (Å²) < 4.78 is 2.20. The summed E-state index contributed by atoms with van der Waals surface area (Å²) in [5.74, 6) is 0.599. The molecule has 1 aliphatic rings. The van der Waals surface area contributed by atoms with Gasteiger partial charge in [-0.2, -0.15) is 0 Å². The van der Waals surface area contributed by atoms with E-state index in [1.807, 2.05) is 6.07 Å². The number of rotatable bonds is 1. The monoisotopic (exact) mass is 249 g/mol. The quantitative estimate of drug-likeness (QED) is 0.842. The Balaban J connectivity index is 2.07. The smallest absolute Gasteiger partial charge is 0.139 e. The van der Waals surface area contributed by atoms with Gasteiger partial charge in [-0.05, 0) is 31.5 Å². The molecule has 0 radical (unpaired) electrons. The van der Waals surface area contributed by atoms with Crippen molar-refractivity contribution in [2.75, 3.05) is 13.1 Å². The summed E-state index contributed by atoms with van der Waals surface area (Å²) in [5.41, 5.74) is 2.39. The van der Waals surface area contributed by atoms with Crippen molar-refractivity contribution >= 4 is 22.6 Å². The molecule has 4 heteroatoms. The first-order chi connectivity index (χ1) is 8.25. The van der Waals surface area contributed by atoms with Crippen molar-refractivity contribution < 1.29 is 0 Å². The van der Waals surface area contributed by atoms with Crippen LogP contribution in [0, 0.1) is 0 Å². The largest absolute Gasteiger partial charge is 0.332 e. The minimum absolute atomic E-state index is 0.599. The van der Waals surface area contributed by atoms with E-state index in [1.165, 1.54) is 18.5 Å². The second-order valence-electron chi connectivity index (χ2n) is 4.74. The Morgan fingerprint density at radius 2 is 2.35 bits per heavy atom. The molecule has 0 bridgehead atoms. The normalized spacial score (nSPS) is 20.9. The van der Waals surface area contributed by atoms with Gasteiger partial charge in [0.15, 0.2) is 0 Å². The van der Waals surface area contributed by atoms with Gasteiger partial charge in [0.2, 0.25) is 0 Å². The number of nitrogens with zero attached hydrogens (tertiary/aromatic N) is 2. The highest BCUT2D eigenvalue weighted by molar-refractivity contribution is 6.31.